The number of benzene rings is 1. The van der Waals surface area contributed by atoms with Crippen molar-refractivity contribution in [3.63, 3.8) is 0 Å². The summed E-state index contributed by atoms with van der Waals surface area (Å²) in [5.74, 6) is 1.97. The SMILES string of the molecule is CCOc1ccccc1Oc1ccnc(CO)c1. The maximum absolute atomic E-state index is 9.02. The fourth-order valence-corrected chi connectivity index (χ4v) is 1.54. The maximum atomic E-state index is 9.02. The lowest BCUT2D eigenvalue weighted by Crippen LogP contribution is -1.95. The Labute approximate surface area is 106 Å². The molecule has 0 saturated carbocycles. The molecule has 0 aliphatic carbocycles. The van der Waals surface area contributed by atoms with E-state index in [1.807, 2.05) is 31.2 Å². The molecule has 0 atom stereocenters. The van der Waals surface area contributed by atoms with Gasteiger partial charge in [0, 0.05) is 12.3 Å². The third kappa shape index (κ3) is 2.99. The molecule has 4 nitrogen and oxygen atoms in total. The van der Waals surface area contributed by atoms with E-state index in [1.165, 1.54) is 0 Å². The second kappa shape index (κ2) is 6.02. The monoisotopic (exact) mass is 245 g/mol. The lowest BCUT2D eigenvalue weighted by atomic mass is 10.3. The van der Waals surface area contributed by atoms with Gasteiger partial charge in [-0.25, -0.2) is 0 Å². The first kappa shape index (κ1) is 12.4. The molecule has 0 spiro atoms. The summed E-state index contributed by atoms with van der Waals surface area (Å²) in [5, 5.41) is 9.02. The van der Waals surface area contributed by atoms with Gasteiger partial charge >= 0.3 is 0 Å². The van der Waals surface area contributed by atoms with Crippen molar-refractivity contribution >= 4 is 0 Å². The molecule has 0 fully saturated rings. The first-order valence-electron chi connectivity index (χ1n) is 5.79. The minimum absolute atomic E-state index is 0.107. The molecule has 18 heavy (non-hydrogen) atoms. The summed E-state index contributed by atoms with van der Waals surface area (Å²) in [6, 6.07) is 10.9. The summed E-state index contributed by atoms with van der Waals surface area (Å²) in [7, 11) is 0. The average Bonchev–Trinajstić information content (AvgIpc) is 2.41. The fraction of sp³-hybridized carbons (Fsp3) is 0.214. The van der Waals surface area contributed by atoms with Gasteiger partial charge < -0.3 is 14.6 Å². The predicted molar refractivity (Wildman–Crippen MR) is 67.8 cm³/mol. The molecule has 0 aliphatic heterocycles. The summed E-state index contributed by atoms with van der Waals surface area (Å²) in [6.07, 6.45) is 1.60. The molecule has 0 amide bonds. The number of pyridine rings is 1. The van der Waals surface area contributed by atoms with Crippen molar-refractivity contribution in [1.29, 1.82) is 0 Å². The van der Waals surface area contributed by atoms with Gasteiger partial charge in [0.1, 0.15) is 5.75 Å². The lowest BCUT2D eigenvalue weighted by Gasteiger charge is -2.11. The summed E-state index contributed by atoms with van der Waals surface area (Å²) >= 11 is 0. The van der Waals surface area contributed by atoms with Crippen LogP contribution >= 0.6 is 0 Å². The highest BCUT2D eigenvalue weighted by atomic mass is 16.5. The molecular formula is C14H15NO3. The number of aromatic nitrogens is 1. The van der Waals surface area contributed by atoms with E-state index in [2.05, 4.69) is 4.98 Å². The molecule has 1 heterocycles. The molecule has 1 aromatic heterocycles. The third-order valence-electron chi connectivity index (χ3n) is 2.33. The molecule has 0 radical (unpaired) electrons. The van der Waals surface area contributed by atoms with Gasteiger partial charge in [0.2, 0.25) is 0 Å². The Morgan fingerprint density at radius 2 is 1.94 bits per heavy atom. The average molecular weight is 245 g/mol. The van der Waals surface area contributed by atoms with E-state index in [1.54, 1.807) is 18.3 Å². The molecular weight excluding hydrogens is 230 g/mol. The lowest BCUT2D eigenvalue weighted by molar-refractivity contribution is 0.276. The predicted octanol–water partition coefficient (Wildman–Crippen LogP) is 2.76. The van der Waals surface area contributed by atoms with Crippen LogP contribution in [0, 0.1) is 0 Å². The molecule has 0 saturated heterocycles. The minimum Gasteiger partial charge on any atom is -0.490 e. The number of aliphatic hydroxyl groups is 1. The molecule has 1 aromatic carbocycles. The van der Waals surface area contributed by atoms with Gasteiger partial charge in [-0.2, -0.15) is 0 Å². The van der Waals surface area contributed by atoms with Gasteiger partial charge in [0.25, 0.3) is 0 Å². The van der Waals surface area contributed by atoms with Crippen molar-refractivity contribution in [1.82, 2.24) is 4.98 Å². The number of aliphatic hydroxyl groups excluding tert-OH is 1. The Morgan fingerprint density at radius 3 is 2.67 bits per heavy atom. The van der Waals surface area contributed by atoms with Crippen molar-refractivity contribution in [2.45, 2.75) is 13.5 Å². The topological polar surface area (TPSA) is 51.6 Å². The van der Waals surface area contributed by atoms with Crippen LogP contribution in [-0.2, 0) is 6.61 Å². The largest absolute Gasteiger partial charge is 0.490 e. The van der Waals surface area contributed by atoms with Gasteiger partial charge in [-0.1, -0.05) is 12.1 Å². The maximum Gasteiger partial charge on any atom is 0.169 e. The van der Waals surface area contributed by atoms with Crippen LogP contribution in [0.1, 0.15) is 12.6 Å². The number of ether oxygens (including phenoxy) is 2. The van der Waals surface area contributed by atoms with E-state index in [4.69, 9.17) is 14.6 Å². The Morgan fingerprint density at radius 1 is 1.17 bits per heavy atom. The van der Waals surface area contributed by atoms with E-state index < -0.39 is 0 Å². The van der Waals surface area contributed by atoms with Gasteiger partial charge in [-0.15, -0.1) is 0 Å². The minimum atomic E-state index is -0.107. The van der Waals surface area contributed by atoms with E-state index in [0.717, 1.165) is 0 Å². The normalized spacial score (nSPS) is 10.1. The zero-order valence-corrected chi connectivity index (χ0v) is 10.2. The highest BCUT2D eigenvalue weighted by Gasteiger charge is 2.05. The second-order valence-electron chi connectivity index (χ2n) is 3.62. The highest BCUT2D eigenvalue weighted by molar-refractivity contribution is 5.42. The van der Waals surface area contributed by atoms with E-state index in [9.17, 15) is 0 Å². The first-order chi connectivity index (χ1) is 8.83. The van der Waals surface area contributed by atoms with Crippen molar-refractivity contribution in [2.75, 3.05) is 6.61 Å². The molecule has 1 N–H and O–H groups in total. The Kier molecular flexibility index (Phi) is 4.15. The van der Waals surface area contributed by atoms with Gasteiger partial charge in [0.15, 0.2) is 11.5 Å². The van der Waals surface area contributed by atoms with Crippen molar-refractivity contribution < 1.29 is 14.6 Å². The van der Waals surface area contributed by atoms with Crippen molar-refractivity contribution in [2.24, 2.45) is 0 Å². The fourth-order valence-electron chi connectivity index (χ4n) is 1.54. The summed E-state index contributed by atoms with van der Waals surface area (Å²) < 4.78 is 11.2. The Balaban J connectivity index is 2.22. The van der Waals surface area contributed by atoms with Crippen molar-refractivity contribution in [3.05, 3.63) is 48.3 Å². The molecule has 4 heteroatoms. The zero-order chi connectivity index (χ0) is 12.8. The molecule has 2 aromatic rings. The number of hydrogen-bond acceptors (Lipinski definition) is 4. The number of para-hydroxylation sites is 2. The number of hydrogen-bond donors (Lipinski definition) is 1. The Bertz CT molecular complexity index is 514. The third-order valence-corrected chi connectivity index (χ3v) is 2.33. The van der Waals surface area contributed by atoms with Gasteiger partial charge in [-0.3, -0.25) is 4.98 Å². The van der Waals surface area contributed by atoms with E-state index in [0.29, 0.717) is 29.5 Å². The van der Waals surface area contributed by atoms with Gasteiger partial charge in [0.05, 0.1) is 18.9 Å². The van der Waals surface area contributed by atoms with E-state index in [-0.39, 0.29) is 6.61 Å². The summed E-state index contributed by atoms with van der Waals surface area (Å²) in [5.41, 5.74) is 0.571. The zero-order valence-electron chi connectivity index (χ0n) is 10.2. The van der Waals surface area contributed by atoms with Crippen LogP contribution in [0.3, 0.4) is 0 Å². The summed E-state index contributed by atoms with van der Waals surface area (Å²) in [4.78, 5) is 4.00. The molecule has 0 bridgehead atoms. The van der Waals surface area contributed by atoms with Gasteiger partial charge in [-0.05, 0) is 25.1 Å². The van der Waals surface area contributed by atoms with E-state index >= 15 is 0 Å². The van der Waals surface area contributed by atoms with Crippen LogP contribution in [0.15, 0.2) is 42.6 Å². The Hall–Kier alpha value is -2.07. The van der Waals surface area contributed by atoms with Crippen LogP contribution in [0.2, 0.25) is 0 Å². The van der Waals surface area contributed by atoms with Crippen LogP contribution in [0.25, 0.3) is 0 Å². The quantitative estimate of drug-likeness (QED) is 0.880. The summed E-state index contributed by atoms with van der Waals surface area (Å²) in [6.45, 7) is 2.40. The smallest absolute Gasteiger partial charge is 0.169 e. The molecule has 0 unspecified atom stereocenters. The molecule has 2 rings (SSSR count). The molecule has 94 valence electrons. The highest BCUT2D eigenvalue weighted by Crippen LogP contribution is 2.31. The van der Waals surface area contributed by atoms with Crippen LogP contribution in [-0.4, -0.2) is 16.7 Å². The number of nitrogens with zero attached hydrogens (tertiary/aromatic N) is 1. The first-order valence-corrected chi connectivity index (χ1v) is 5.79. The van der Waals surface area contributed by atoms with Crippen molar-refractivity contribution in [3.8, 4) is 17.2 Å². The van der Waals surface area contributed by atoms with Crippen LogP contribution in [0.5, 0.6) is 17.2 Å². The second-order valence-corrected chi connectivity index (χ2v) is 3.62. The number of rotatable bonds is 5. The molecule has 0 aliphatic rings. The standard InChI is InChI=1S/C14H15NO3/c1-2-17-13-5-3-4-6-14(13)18-12-7-8-15-11(9-12)10-16/h3-9,16H,2,10H2,1H3. The van der Waals surface area contributed by atoms with Crippen LogP contribution in [0.4, 0.5) is 0 Å². The van der Waals surface area contributed by atoms with Crippen LogP contribution < -0.4 is 9.47 Å².